The van der Waals surface area contributed by atoms with E-state index >= 15 is 0 Å². The molecule has 1 fully saturated rings. The molecule has 2 heterocycles. The van der Waals surface area contributed by atoms with Crippen LogP contribution in [-0.2, 0) is 16.0 Å². The van der Waals surface area contributed by atoms with E-state index in [1.165, 1.54) is 24.2 Å². The molecule has 160 valence electrons. The van der Waals surface area contributed by atoms with Gasteiger partial charge in [-0.05, 0) is 38.2 Å². The third kappa shape index (κ3) is 6.91. The van der Waals surface area contributed by atoms with E-state index in [1.807, 2.05) is 25.1 Å². The molecule has 1 saturated heterocycles. The average Bonchev–Trinajstić information content (AvgIpc) is 3.29. The Morgan fingerprint density at radius 2 is 2.10 bits per heavy atom. The fourth-order valence-electron chi connectivity index (χ4n) is 3.56. The van der Waals surface area contributed by atoms with Crippen molar-refractivity contribution >= 4 is 11.8 Å². The molecule has 0 bridgehead atoms. The molecule has 1 aliphatic heterocycles. The lowest BCUT2D eigenvalue weighted by Gasteiger charge is -2.25. The minimum Gasteiger partial charge on any atom is -0.376 e. The molecule has 1 N–H and O–H groups in total. The summed E-state index contributed by atoms with van der Waals surface area (Å²) in [5, 5.41) is 3.04. The number of nitrogens with one attached hydrogen (secondary N) is 1. The lowest BCUT2D eigenvalue weighted by atomic mass is 10.1. The van der Waals surface area contributed by atoms with Crippen LogP contribution in [0.5, 0.6) is 0 Å². The monoisotopic (exact) mass is 410 g/mol. The number of hydrogen-bond acceptors (Lipinski definition) is 5. The third-order valence-electron chi connectivity index (χ3n) is 5.24. The van der Waals surface area contributed by atoms with E-state index in [2.05, 4.69) is 27.4 Å². The molecule has 0 radical (unpaired) electrons. The van der Waals surface area contributed by atoms with E-state index in [-0.39, 0.29) is 36.1 Å². The summed E-state index contributed by atoms with van der Waals surface area (Å²) in [5.74, 6) is -0.275. The summed E-state index contributed by atoms with van der Waals surface area (Å²) >= 11 is 0. The Kier molecular flexibility index (Phi) is 8.32. The van der Waals surface area contributed by atoms with Gasteiger partial charge in [0.15, 0.2) is 0 Å². The van der Waals surface area contributed by atoms with Crippen molar-refractivity contribution in [2.75, 3.05) is 19.7 Å². The van der Waals surface area contributed by atoms with Crippen LogP contribution in [0.2, 0.25) is 0 Å². The molecule has 1 aromatic carbocycles. The van der Waals surface area contributed by atoms with Gasteiger partial charge in [0.25, 0.3) is 5.91 Å². The minimum absolute atomic E-state index is 0.0125. The van der Waals surface area contributed by atoms with Gasteiger partial charge >= 0.3 is 0 Å². The highest BCUT2D eigenvalue weighted by Crippen LogP contribution is 2.15. The lowest BCUT2D eigenvalue weighted by Crippen LogP contribution is -2.41. The molecule has 0 unspecified atom stereocenters. The number of benzene rings is 1. The molecule has 0 aliphatic carbocycles. The number of aromatic nitrogens is 2. The first-order chi connectivity index (χ1) is 14.6. The van der Waals surface area contributed by atoms with Crippen molar-refractivity contribution in [1.82, 2.24) is 20.2 Å². The summed E-state index contributed by atoms with van der Waals surface area (Å²) in [5.41, 5.74) is 1.54. The van der Waals surface area contributed by atoms with E-state index in [1.54, 1.807) is 4.90 Å². The van der Waals surface area contributed by atoms with Gasteiger partial charge in [0, 0.05) is 44.6 Å². The summed E-state index contributed by atoms with van der Waals surface area (Å²) in [7, 11) is 0. The normalized spacial score (nSPS) is 16.8. The van der Waals surface area contributed by atoms with Crippen molar-refractivity contribution in [2.24, 2.45) is 0 Å². The van der Waals surface area contributed by atoms with Gasteiger partial charge in [0.2, 0.25) is 5.91 Å². The molecule has 1 aromatic heterocycles. The van der Waals surface area contributed by atoms with Crippen molar-refractivity contribution in [2.45, 2.75) is 51.2 Å². The number of rotatable bonds is 10. The molecule has 7 nitrogen and oxygen atoms in total. The van der Waals surface area contributed by atoms with Gasteiger partial charge < -0.3 is 15.0 Å². The van der Waals surface area contributed by atoms with Crippen LogP contribution in [0, 0.1) is 0 Å². The van der Waals surface area contributed by atoms with Gasteiger partial charge in [-0.1, -0.05) is 30.3 Å². The zero-order valence-electron chi connectivity index (χ0n) is 17.5. The van der Waals surface area contributed by atoms with Crippen LogP contribution in [-0.4, -0.2) is 58.5 Å². The Morgan fingerprint density at radius 3 is 2.80 bits per heavy atom. The van der Waals surface area contributed by atoms with Crippen LogP contribution in [0.15, 0.2) is 48.9 Å². The highest BCUT2D eigenvalue weighted by molar-refractivity contribution is 5.92. The number of carbonyl (C=O) groups is 2. The SMILES string of the molecule is C[C@@H](CCc1ccccc1)NC(=O)CCN(C[C@@H]1CCCO1)C(=O)c1cnccn1. The lowest BCUT2D eigenvalue weighted by molar-refractivity contribution is -0.122. The Morgan fingerprint density at radius 1 is 1.27 bits per heavy atom. The molecule has 0 spiro atoms. The second kappa shape index (κ2) is 11.4. The molecule has 3 rings (SSSR count). The van der Waals surface area contributed by atoms with Gasteiger partial charge in [-0.15, -0.1) is 0 Å². The molecule has 0 saturated carbocycles. The Labute approximate surface area is 177 Å². The summed E-state index contributed by atoms with van der Waals surface area (Å²) in [6.45, 7) is 3.52. The summed E-state index contributed by atoms with van der Waals surface area (Å²) < 4.78 is 5.68. The maximum absolute atomic E-state index is 12.9. The van der Waals surface area contributed by atoms with Crippen molar-refractivity contribution < 1.29 is 14.3 Å². The van der Waals surface area contributed by atoms with E-state index < -0.39 is 0 Å². The largest absolute Gasteiger partial charge is 0.376 e. The molecule has 2 atom stereocenters. The van der Waals surface area contributed by atoms with E-state index in [0.29, 0.717) is 13.1 Å². The Bertz CT molecular complexity index is 795. The molecule has 2 aromatic rings. The maximum atomic E-state index is 12.9. The fourth-order valence-corrected chi connectivity index (χ4v) is 3.56. The number of aryl methyl sites for hydroxylation is 1. The van der Waals surface area contributed by atoms with Crippen LogP contribution in [0.3, 0.4) is 0 Å². The highest BCUT2D eigenvalue weighted by atomic mass is 16.5. The first kappa shape index (κ1) is 21.9. The minimum atomic E-state index is -0.219. The molecule has 30 heavy (non-hydrogen) atoms. The quantitative estimate of drug-likeness (QED) is 0.651. The molecular formula is C23H30N4O3. The highest BCUT2D eigenvalue weighted by Gasteiger charge is 2.25. The van der Waals surface area contributed by atoms with E-state index in [4.69, 9.17) is 4.74 Å². The maximum Gasteiger partial charge on any atom is 0.274 e. The number of ether oxygens (including phenoxy) is 1. The fraction of sp³-hybridized carbons (Fsp3) is 0.478. The third-order valence-corrected chi connectivity index (χ3v) is 5.24. The molecule has 1 aliphatic rings. The average molecular weight is 411 g/mol. The second-order valence-electron chi connectivity index (χ2n) is 7.72. The topological polar surface area (TPSA) is 84.4 Å². The van der Waals surface area contributed by atoms with Crippen molar-refractivity contribution in [1.29, 1.82) is 0 Å². The van der Waals surface area contributed by atoms with Gasteiger partial charge in [0.05, 0.1) is 12.3 Å². The first-order valence-electron chi connectivity index (χ1n) is 10.6. The Balaban J connectivity index is 1.49. The predicted octanol–water partition coefficient (Wildman–Crippen LogP) is 2.63. The zero-order chi connectivity index (χ0) is 21.2. The first-order valence-corrected chi connectivity index (χ1v) is 10.6. The van der Waals surface area contributed by atoms with Crippen LogP contribution in [0.4, 0.5) is 0 Å². The van der Waals surface area contributed by atoms with Gasteiger partial charge in [-0.2, -0.15) is 0 Å². The Hall–Kier alpha value is -2.80. The van der Waals surface area contributed by atoms with Crippen LogP contribution in [0.25, 0.3) is 0 Å². The number of nitrogens with zero attached hydrogens (tertiary/aromatic N) is 3. The predicted molar refractivity (Wildman–Crippen MR) is 114 cm³/mol. The van der Waals surface area contributed by atoms with Crippen LogP contribution < -0.4 is 5.32 Å². The van der Waals surface area contributed by atoms with E-state index in [0.717, 1.165) is 32.3 Å². The van der Waals surface area contributed by atoms with Crippen LogP contribution >= 0.6 is 0 Å². The smallest absolute Gasteiger partial charge is 0.274 e. The van der Waals surface area contributed by atoms with Gasteiger partial charge in [-0.25, -0.2) is 4.98 Å². The van der Waals surface area contributed by atoms with Crippen molar-refractivity contribution in [3.8, 4) is 0 Å². The number of amides is 2. The number of hydrogen-bond donors (Lipinski definition) is 1. The van der Waals surface area contributed by atoms with Gasteiger partial charge in [0.1, 0.15) is 5.69 Å². The van der Waals surface area contributed by atoms with Gasteiger partial charge in [-0.3, -0.25) is 14.6 Å². The standard InChI is InChI=1S/C23H30N4O3/c1-18(9-10-19-6-3-2-4-7-19)26-22(28)11-14-27(17-20-8-5-15-30-20)23(29)21-16-24-12-13-25-21/h2-4,6-7,12-13,16,18,20H,5,8-11,14-15,17H2,1H3,(H,26,28)/t18-,20-/m0/s1. The molecular weight excluding hydrogens is 380 g/mol. The summed E-state index contributed by atoms with van der Waals surface area (Å²) in [4.78, 5) is 35.1. The summed E-state index contributed by atoms with van der Waals surface area (Å²) in [6.07, 6.45) is 8.45. The van der Waals surface area contributed by atoms with Crippen molar-refractivity contribution in [3.05, 3.63) is 60.2 Å². The second-order valence-corrected chi connectivity index (χ2v) is 7.72. The molecule has 7 heteroatoms. The van der Waals surface area contributed by atoms with Crippen LogP contribution in [0.1, 0.15) is 48.7 Å². The van der Waals surface area contributed by atoms with Crippen molar-refractivity contribution in [3.63, 3.8) is 0 Å². The molecule has 2 amide bonds. The zero-order valence-corrected chi connectivity index (χ0v) is 17.5. The number of carbonyl (C=O) groups excluding carboxylic acids is 2. The summed E-state index contributed by atoms with van der Waals surface area (Å²) in [6, 6.07) is 10.3. The van der Waals surface area contributed by atoms with E-state index in [9.17, 15) is 9.59 Å².